The Bertz CT molecular complexity index is 1380. The second-order valence-electron chi connectivity index (χ2n) is 8.75. The lowest BCUT2D eigenvalue weighted by molar-refractivity contribution is -0.137. The Morgan fingerprint density at radius 1 is 1.00 bits per heavy atom. The molecule has 1 fully saturated rings. The molecule has 35 heavy (non-hydrogen) atoms. The molecule has 0 spiro atoms. The summed E-state index contributed by atoms with van der Waals surface area (Å²) in [5, 5.41) is 7.15. The third-order valence-electron chi connectivity index (χ3n) is 5.94. The van der Waals surface area contributed by atoms with Gasteiger partial charge >= 0.3 is 6.18 Å². The predicted molar refractivity (Wildman–Crippen MR) is 132 cm³/mol. The Hall–Kier alpha value is -3.94. The molecule has 1 aliphatic rings. The molecule has 1 saturated carbocycles. The average Bonchev–Trinajstić information content (AvgIpc) is 3.65. The first-order chi connectivity index (χ1) is 16.8. The van der Waals surface area contributed by atoms with Crippen LogP contribution in [0.1, 0.15) is 35.4 Å². The molecule has 178 valence electrons. The van der Waals surface area contributed by atoms with Crippen molar-refractivity contribution in [2.75, 3.05) is 10.6 Å². The van der Waals surface area contributed by atoms with Crippen LogP contribution in [0.5, 0.6) is 0 Å². The average molecular weight is 476 g/mol. The van der Waals surface area contributed by atoms with Crippen LogP contribution >= 0.6 is 0 Å². The summed E-state index contributed by atoms with van der Waals surface area (Å²) in [6.45, 7) is 1.98. The van der Waals surface area contributed by atoms with Gasteiger partial charge in [-0.05, 0) is 74.1 Å². The zero-order chi connectivity index (χ0) is 24.4. The fourth-order valence-corrected chi connectivity index (χ4v) is 3.95. The maximum Gasteiger partial charge on any atom is 0.416 e. The molecule has 0 amide bonds. The lowest BCUT2D eigenvalue weighted by atomic mass is 10.0. The van der Waals surface area contributed by atoms with Crippen molar-refractivity contribution >= 4 is 34.3 Å². The van der Waals surface area contributed by atoms with Crippen molar-refractivity contribution in [2.45, 2.75) is 32.4 Å². The first kappa shape index (κ1) is 22.8. The lowest BCUT2D eigenvalue weighted by Gasteiger charge is -2.10. The number of hydrogen-bond acceptors (Lipinski definition) is 5. The molecule has 1 aliphatic carbocycles. The number of pyridine rings is 1. The Labute approximate surface area is 201 Å². The predicted octanol–water partition coefficient (Wildman–Crippen LogP) is 7.13. The molecule has 5 rings (SSSR count). The normalized spacial score (nSPS) is 13.9. The van der Waals surface area contributed by atoms with E-state index in [0.29, 0.717) is 23.0 Å². The second-order valence-corrected chi connectivity index (χ2v) is 8.75. The smallest absolute Gasteiger partial charge is 0.354 e. The highest BCUT2D eigenvalue weighted by Crippen LogP contribution is 2.35. The summed E-state index contributed by atoms with van der Waals surface area (Å²) in [6, 6.07) is 14.9. The Morgan fingerprint density at radius 3 is 2.57 bits per heavy atom. The summed E-state index contributed by atoms with van der Waals surface area (Å²) >= 11 is 0. The highest BCUT2D eigenvalue weighted by Gasteiger charge is 2.30. The molecule has 8 heteroatoms. The van der Waals surface area contributed by atoms with Gasteiger partial charge in [-0.15, -0.1) is 0 Å². The van der Waals surface area contributed by atoms with E-state index in [4.69, 9.17) is 4.98 Å². The minimum atomic E-state index is -4.39. The van der Waals surface area contributed by atoms with Crippen LogP contribution in [0.15, 0.2) is 67.0 Å². The number of fused-ring (bicyclic) bond motifs is 1. The van der Waals surface area contributed by atoms with Crippen molar-refractivity contribution in [1.29, 1.82) is 0 Å². The minimum absolute atomic E-state index is 0.344. The van der Waals surface area contributed by atoms with Crippen molar-refractivity contribution in [3.05, 3.63) is 89.5 Å². The Morgan fingerprint density at radius 2 is 1.83 bits per heavy atom. The minimum Gasteiger partial charge on any atom is -0.354 e. The van der Waals surface area contributed by atoms with E-state index in [-0.39, 0.29) is 0 Å². The molecular formula is C27H24F3N5. The molecule has 0 atom stereocenters. The van der Waals surface area contributed by atoms with Crippen LogP contribution in [0.25, 0.3) is 17.0 Å². The molecule has 0 bridgehead atoms. The number of nitrogens with one attached hydrogen (secondary N) is 2. The van der Waals surface area contributed by atoms with Crippen LogP contribution < -0.4 is 10.6 Å². The molecule has 0 radical (unpaired) electrons. The zero-order valence-corrected chi connectivity index (χ0v) is 19.1. The highest BCUT2D eigenvalue weighted by molar-refractivity contribution is 5.85. The van der Waals surface area contributed by atoms with Gasteiger partial charge in [0.25, 0.3) is 0 Å². The Kier molecular flexibility index (Phi) is 6.11. The SMILES string of the molecule is Cc1nc(N/C=C/c2ccc(Nc3cccc(C(F)(F)F)c3)cn2)nc2c(CC3CC3)cccc12. The number of anilines is 3. The van der Waals surface area contributed by atoms with Crippen LogP contribution in [0.4, 0.5) is 30.5 Å². The van der Waals surface area contributed by atoms with Crippen molar-refractivity contribution in [3.8, 4) is 0 Å². The summed E-state index contributed by atoms with van der Waals surface area (Å²) in [4.78, 5) is 13.7. The largest absolute Gasteiger partial charge is 0.416 e. The van der Waals surface area contributed by atoms with Gasteiger partial charge in [-0.2, -0.15) is 13.2 Å². The van der Waals surface area contributed by atoms with E-state index in [0.717, 1.165) is 41.1 Å². The summed E-state index contributed by atoms with van der Waals surface area (Å²) < 4.78 is 38.7. The maximum absolute atomic E-state index is 12.9. The molecule has 0 aliphatic heterocycles. The number of nitrogens with zero attached hydrogens (tertiary/aromatic N) is 3. The van der Waals surface area contributed by atoms with E-state index in [9.17, 15) is 13.2 Å². The van der Waals surface area contributed by atoms with Gasteiger partial charge in [0.1, 0.15) is 0 Å². The number of aromatic nitrogens is 3. The van der Waals surface area contributed by atoms with Crippen LogP contribution in [0, 0.1) is 12.8 Å². The highest BCUT2D eigenvalue weighted by atomic mass is 19.4. The van der Waals surface area contributed by atoms with Crippen molar-refractivity contribution < 1.29 is 13.2 Å². The third-order valence-corrected chi connectivity index (χ3v) is 5.94. The van der Waals surface area contributed by atoms with Crippen molar-refractivity contribution in [2.24, 2.45) is 5.92 Å². The number of aryl methyl sites for hydroxylation is 1. The topological polar surface area (TPSA) is 62.7 Å². The second kappa shape index (κ2) is 9.37. The van der Waals surface area contributed by atoms with E-state index < -0.39 is 11.7 Å². The standard InChI is InChI=1S/C27H24F3N5/c1-17-24-7-2-4-19(14-18-8-9-18)25(24)35-26(33-17)31-13-12-21-10-11-23(16-32-21)34-22-6-3-5-20(15-22)27(28,29)30/h2-7,10-13,15-16,18,34H,8-9,14H2,1H3,(H,31,33,35)/b13-12+. The van der Waals surface area contributed by atoms with E-state index >= 15 is 0 Å². The number of para-hydroxylation sites is 1. The van der Waals surface area contributed by atoms with E-state index in [2.05, 4.69) is 38.8 Å². The Balaban J connectivity index is 1.26. The van der Waals surface area contributed by atoms with Gasteiger partial charge in [-0.1, -0.05) is 24.3 Å². The van der Waals surface area contributed by atoms with Crippen LogP contribution in [-0.2, 0) is 12.6 Å². The molecule has 4 aromatic rings. The first-order valence-corrected chi connectivity index (χ1v) is 11.4. The van der Waals surface area contributed by atoms with Crippen molar-refractivity contribution in [1.82, 2.24) is 15.0 Å². The summed E-state index contributed by atoms with van der Waals surface area (Å²) in [5.41, 5.74) is 4.08. The maximum atomic E-state index is 12.9. The monoisotopic (exact) mass is 475 g/mol. The summed E-state index contributed by atoms with van der Waals surface area (Å²) in [6.07, 6.45) is 4.32. The van der Waals surface area contributed by atoms with E-state index in [1.165, 1.54) is 24.5 Å². The van der Waals surface area contributed by atoms with Gasteiger partial charge in [-0.3, -0.25) is 4.98 Å². The van der Waals surface area contributed by atoms with Crippen LogP contribution in [-0.4, -0.2) is 15.0 Å². The van der Waals surface area contributed by atoms with E-state index in [1.54, 1.807) is 36.7 Å². The molecule has 5 nitrogen and oxygen atoms in total. The van der Waals surface area contributed by atoms with Gasteiger partial charge in [0.2, 0.25) is 5.95 Å². The van der Waals surface area contributed by atoms with Gasteiger partial charge in [0.05, 0.1) is 34.4 Å². The number of hydrogen-bond donors (Lipinski definition) is 2. The molecule has 0 unspecified atom stereocenters. The lowest BCUT2D eigenvalue weighted by Crippen LogP contribution is -2.05. The molecule has 2 aromatic carbocycles. The first-order valence-electron chi connectivity index (χ1n) is 11.4. The zero-order valence-electron chi connectivity index (χ0n) is 19.1. The summed E-state index contributed by atoms with van der Waals surface area (Å²) in [7, 11) is 0. The number of halogens is 3. The number of alkyl halides is 3. The molecule has 2 heterocycles. The van der Waals surface area contributed by atoms with E-state index in [1.807, 2.05) is 6.92 Å². The third kappa shape index (κ3) is 5.59. The molecule has 0 saturated heterocycles. The van der Waals surface area contributed by atoms with Crippen LogP contribution in [0.3, 0.4) is 0 Å². The molecule has 2 N–H and O–H groups in total. The number of benzene rings is 2. The van der Waals surface area contributed by atoms with Crippen LogP contribution in [0.2, 0.25) is 0 Å². The number of rotatable bonds is 7. The fourth-order valence-electron chi connectivity index (χ4n) is 3.95. The van der Waals surface area contributed by atoms with Gasteiger partial charge in [0, 0.05) is 17.3 Å². The molecule has 2 aromatic heterocycles. The quantitative estimate of drug-likeness (QED) is 0.298. The van der Waals surface area contributed by atoms with Gasteiger partial charge in [0.15, 0.2) is 0 Å². The van der Waals surface area contributed by atoms with Crippen molar-refractivity contribution in [3.63, 3.8) is 0 Å². The van der Waals surface area contributed by atoms with Gasteiger partial charge in [-0.25, -0.2) is 9.97 Å². The fraction of sp³-hybridized carbons (Fsp3) is 0.222. The summed E-state index contributed by atoms with van der Waals surface area (Å²) in [5.74, 6) is 1.29. The van der Waals surface area contributed by atoms with Gasteiger partial charge < -0.3 is 10.6 Å². The molecular weight excluding hydrogens is 451 g/mol.